The Morgan fingerprint density at radius 3 is 2.36 bits per heavy atom. The van der Waals surface area contributed by atoms with Crippen molar-refractivity contribution in [2.75, 3.05) is 19.6 Å². The average molecular weight is 370 g/mol. The molecule has 0 radical (unpaired) electrons. The molecule has 1 atom stereocenters. The molecule has 0 bridgehead atoms. The highest BCUT2D eigenvalue weighted by molar-refractivity contribution is 8.14. The molecule has 0 aromatic carbocycles. The van der Waals surface area contributed by atoms with Crippen LogP contribution in [0.4, 0.5) is 9.18 Å². The van der Waals surface area contributed by atoms with Gasteiger partial charge < -0.3 is 9.80 Å². The maximum atomic E-state index is 13.3. The van der Waals surface area contributed by atoms with Gasteiger partial charge in [-0.05, 0) is 37.4 Å². The molecule has 3 aliphatic rings. The predicted molar refractivity (Wildman–Crippen MR) is 97.3 cm³/mol. The molecule has 3 rings (SSSR count). The summed E-state index contributed by atoms with van der Waals surface area (Å²) in [5.41, 5.74) is -1.06. The molecule has 0 spiro atoms. The standard InChI is InChI=1S/C17H27FN4O2S/c1-12(23)21-9-7-14(8-10-21)22(13-5-3-2-4-6-13)17(24)20-16-19-11-15(18)25-16/h13-15H,2-11H2,1H3,(H,19,20,24). The van der Waals surface area contributed by atoms with Gasteiger partial charge in [0.25, 0.3) is 0 Å². The molecule has 8 heteroatoms. The number of carbonyl (C=O) groups is 2. The summed E-state index contributed by atoms with van der Waals surface area (Å²) in [6.45, 7) is 3.09. The van der Waals surface area contributed by atoms with Gasteiger partial charge >= 0.3 is 6.03 Å². The van der Waals surface area contributed by atoms with Gasteiger partial charge in [-0.25, -0.2) is 9.18 Å². The van der Waals surface area contributed by atoms with Crippen LogP contribution in [-0.2, 0) is 4.79 Å². The van der Waals surface area contributed by atoms with E-state index in [2.05, 4.69) is 10.3 Å². The first kappa shape index (κ1) is 18.5. The van der Waals surface area contributed by atoms with Crippen LogP contribution in [0.1, 0.15) is 51.9 Å². The van der Waals surface area contributed by atoms with E-state index in [4.69, 9.17) is 0 Å². The fraction of sp³-hybridized carbons (Fsp3) is 0.824. The van der Waals surface area contributed by atoms with Crippen molar-refractivity contribution in [2.45, 2.75) is 69.5 Å². The third-order valence-corrected chi connectivity index (χ3v) is 6.20. The summed E-state index contributed by atoms with van der Waals surface area (Å²) in [5, 5.41) is 3.21. The van der Waals surface area contributed by atoms with Crippen LogP contribution in [0.25, 0.3) is 0 Å². The van der Waals surface area contributed by atoms with Crippen molar-refractivity contribution in [1.29, 1.82) is 0 Å². The lowest BCUT2D eigenvalue weighted by atomic mass is 9.91. The Morgan fingerprint density at radius 1 is 1.16 bits per heavy atom. The van der Waals surface area contributed by atoms with Crippen molar-refractivity contribution in [2.24, 2.45) is 4.99 Å². The maximum Gasteiger partial charge on any atom is 0.323 e. The monoisotopic (exact) mass is 370 g/mol. The second-order valence-corrected chi connectivity index (χ2v) is 8.17. The molecule has 2 heterocycles. The lowest BCUT2D eigenvalue weighted by Gasteiger charge is -2.43. The first-order valence-corrected chi connectivity index (χ1v) is 10.1. The number of piperidine rings is 1. The lowest BCUT2D eigenvalue weighted by molar-refractivity contribution is -0.130. The van der Waals surface area contributed by atoms with Crippen molar-refractivity contribution in [1.82, 2.24) is 15.1 Å². The van der Waals surface area contributed by atoms with Crippen LogP contribution in [0.5, 0.6) is 0 Å². The zero-order chi connectivity index (χ0) is 17.8. The maximum absolute atomic E-state index is 13.3. The minimum atomic E-state index is -1.06. The molecule has 140 valence electrons. The third kappa shape index (κ3) is 4.65. The van der Waals surface area contributed by atoms with Crippen LogP contribution >= 0.6 is 11.8 Å². The number of nitrogens with zero attached hydrogens (tertiary/aromatic N) is 3. The Balaban J connectivity index is 1.66. The number of hydrogen-bond donors (Lipinski definition) is 1. The van der Waals surface area contributed by atoms with E-state index in [-0.39, 0.29) is 30.6 Å². The summed E-state index contributed by atoms with van der Waals surface area (Å²) in [4.78, 5) is 32.4. The first-order chi connectivity index (χ1) is 12.0. The Hall–Kier alpha value is -1.31. The number of likely N-dealkylation sites (tertiary alicyclic amines) is 1. The molecule has 25 heavy (non-hydrogen) atoms. The minimum absolute atomic E-state index is 0.0952. The van der Waals surface area contributed by atoms with E-state index in [0.717, 1.165) is 50.3 Å². The minimum Gasteiger partial charge on any atom is -0.343 e. The number of halogens is 1. The largest absolute Gasteiger partial charge is 0.343 e. The predicted octanol–water partition coefficient (Wildman–Crippen LogP) is 2.74. The van der Waals surface area contributed by atoms with Crippen LogP contribution < -0.4 is 5.32 Å². The van der Waals surface area contributed by atoms with Crippen molar-refractivity contribution in [3.05, 3.63) is 0 Å². The zero-order valence-electron chi connectivity index (χ0n) is 14.7. The van der Waals surface area contributed by atoms with Gasteiger partial charge in [0.05, 0.1) is 6.54 Å². The second kappa shape index (κ2) is 8.38. The number of rotatable bonds is 2. The van der Waals surface area contributed by atoms with E-state index in [1.165, 1.54) is 6.42 Å². The Labute approximate surface area is 152 Å². The first-order valence-electron chi connectivity index (χ1n) is 9.24. The zero-order valence-corrected chi connectivity index (χ0v) is 15.6. The van der Waals surface area contributed by atoms with E-state index < -0.39 is 5.50 Å². The van der Waals surface area contributed by atoms with Gasteiger partial charge in [-0.3, -0.25) is 15.1 Å². The SMILES string of the molecule is CC(=O)N1CCC(N(C(=O)NC2=NCC(F)S2)C2CCCCC2)CC1. The van der Waals surface area contributed by atoms with E-state index in [9.17, 15) is 14.0 Å². The summed E-state index contributed by atoms with van der Waals surface area (Å²) >= 11 is 0.981. The molecule has 1 aliphatic carbocycles. The van der Waals surface area contributed by atoms with E-state index in [0.29, 0.717) is 18.3 Å². The molecule has 6 nitrogen and oxygen atoms in total. The number of aliphatic imine (C=N–C) groups is 1. The van der Waals surface area contributed by atoms with Gasteiger partial charge in [-0.2, -0.15) is 0 Å². The molecule has 1 unspecified atom stereocenters. The van der Waals surface area contributed by atoms with Gasteiger partial charge in [0.2, 0.25) is 5.91 Å². The molecule has 2 aliphatic heterocycles. The highest BCUT2D eigenvalue weighted by atomic mass is 32.2. The second-order valence-electron chi connectivity index (χ2n) is 7.04. The number of carbonyl (C=O) groups excluding carboxylic acids is 2. The van der Waals surface area contributed by atoms with Crippen molar-refractivity contribution in [3.63, 3.8) is 0 Å². The molecule has 1 saturated heterocycles. The molecule has 2 fully saturated rings. The van der Waals surface area contributed by atoms with Gasteiger partial charge in [-0.1, -0.05) is 19.3 Å². The van der Waals surface area contributed by atoms with E-state index >= 15 is 0 Å². The number of hydrogen-bond acceptors (Lipinski definition) is 4. The summed E-state index contributed by atoms with van der Waals surface area (Å²) in [6.07, 6.45) is 7.15. The Morgan fingerprint density at radius 2 is 1.80 bits per heavy atom. The number of urea groups is 1. The van der Waals surface area contributed by atoms with Crippen molar-refractivity contribution < 1.29 is 14.0 Å². The number of amides is 3. The average Bonchev–Trinajstić information content (AvgIpc) is 3.01. The van der Waals surface area contributed by atoms with Crippen LogP contribution in [-0.4, -0.2) is 64.1 Å². The van der Waals surface area contributed by atoms with Gasteiger partial charge in [0.1, 0.15) is 0 Å². The quantitative estimate of drug-likeness (QED) is 0.813. The van der Waals surface area contributed by atoms with Gasteiger partial charge in [-0.15, -0.1) is 0 Å². The van der Waals surface area contributed by atoms with Gasteiger partial charge in [0.15, 0.2) is 10.7 Å². The molecule has 0 aromatic rings. The summed E-state index contributed by atoms with van der Waals surface area (Å²) < 4.78 is 13.3. The number of nitrogens with one attached hydrogen (secondary N) is 1. The van der Waals surface area contributed by atoms with E-state index in [1.807, 2.05) is 9.80 Å². The third-order valence-electron chi connectivity index (χ3n) is 5.34. The molecular formula is C17H27FN4O2S. The summed E-state index contributed by atoms with van der Waals surface area (Å²) in [5.74, 6) is 0.0952. The van der Waals surface area contributed by atoms with Crippen LogP contribution in [0.3, 0.4) is 0 Å². The molecular weight excluding hydrogens is 343 g/mol. The molecule has 0 aromatic heterocycles. The smallest absolute Gasteiger partial charge is 0.323 e. The Kier molecular flexibility index (Phi) is 6.19. The number of thioether (sulfide) groups is 1. The Bertz CT molecular complexity index is 531. The molecule has 3 amide bonds. The highest BCUT2D eigenvalue weighted by Crippen LogP contribution is 2.28. The molecule has 1 N–H and O–H groups in total. The molecule has 1 saturated carbocycles. The van der Waals surface area contributed by atoms with Crippen LogP contribution in [0.2, 0.25) is 0 Å². The summed E-state index contributed by atoms with van der Waals surface area (Å²) in [7, 11) is 0. The highest BCUT2D eigenvalue weighted by Gasteiger charge is 2.35. The van der Waals surface area contributed by atoms with Crippen molar-refractivity contribution >= 4 is 28.9 Å². The lowest BCUT2D eigenvalue weighted by Crippen LogP contribution is -2.56. The van der Waals surface area contributed by atoms with Crippen molar-refractivity contribution in [3.8, 4) is 0 Å². The van der Waals surface area contributed by atoms with Crippen LogP contribution in [0, 0.1) is 0 Å². The number of amidine groups is 1. The summed E-state index contributed by atoms with van der Waals surface area (Å²) in [6, 6.07) is 0.205. The fourth-order valence-corrected chi connectivity index (χ4v) is 4.71. The van der Waals surface area contributed by atoms with Crippen LogP contribution in [0.15, 0.2) is 4.99 Å². The number of alkyl halides is 1. The normalized spacial score (nSPS) is 25.6. The van der Waals surface area contributed by atoms with Gasteiger partial charge in [0, 0.05) is 32.1 Å². The van der Waals surface area contributed by atoms with E-state index in [1.54, 1.807) is 6.92 Å². The topological polar surface area (TPSA) is 65.0 Å². The fourth-order valence-electron chi connectivity index (χ4n) is 4.02.